The highest BCUT2D eigenvalue weighted by Gasteiger charge is 2.59. The van der Waals surface area contributed by atoms with E-state index in [2.05, 4.69) is 0 Å². The molecule has 9 nitrogen and oxygen atoms in total. The average molecular weight is 367 g/mol. The van der Waals surface area contributed by atoms with Gasteiger partial charge in [0.05, 0.1) is 19.8 Å². The van der Waals surface area contributed by atoms with Crippen molar-refractivity contribution in [2.45, 2.75) is 37.1 Å². The lowest BCUT2D eigenvalue weighted by atomic mass is 9.87. The minimum Gasteiger partial charge on any atom is -0.355 e. The Labute approximate surface area is 150 Å². The highest BCUT2D eigenvalue weighted by Crippen LogP contribution is 2.40. The largest absolute Gasteiger partial charge is 0.355 e. The Balaban J connectivity index is 1.61. The zero-order valence-corrected chi connectivity index (χ0v) is 14.3. The van der Waals surface area contributed by atoms with Crippen molar-refractivity contribution in [1.82, 2.24) is 0 Å². The minimum absolute atomic E-state index is 0.174. The molecule has 3 aliphatic heterocycles. The first-order chi connectivity index (χ1) is 12.7. The highest BCUT2D eigenvalue weighted by atomic mass is 16.8. The van der Waals surface area contributed by atoms with Crippen LogP contribution in [0.15, 0.2) is 30.3 Å². The van der Waals surface area contributed by atoms with E-state index in [1.807, 2.05) is 30.3 Å². The Hall–Kier alpha value is -1.62. The molecule has 1 unspecified atom stereocenters. The van der Waals surface area contributed by atoms with Crippen LogP contribution in [0.5, 0.6) is 0 Å². The summed E-state index contributed by atoms with van der Waals surface area (Å²) in [6.45, 7) is 0.938. The monoisotopic (exact) mass is 367 g/mol. The summed E-state index contributed by atoms with van der Waals surface area (Å²) in [7, 11) is 1.45. The van der Waals surface area contributed by atoms with E-state index in [0.29, 0.717) is 13.2 Å². The topological polar surface area (TPSA) is 98.5 Å². The number of hydrogen-bond donors (Lipinski definition) is 0. The van der Waals surface area contributed by atoms with Crippen LogP contribution in [0.1, 0.15) is 11.9 Å². The van der Waals surface area contributed by atoms with Crippen molar-refractivity contribution < 1.29 is 33.3 Å². The summed E-state index contributed by atoms with van der Waals surface area (Å²) >= 11 is 0. The number of methoxy groups -OCH3 is 1. The van der Waals surface area contributed by atoms with Crippen LogP contribution in [0.3, 0.4) is 0 Å². The molecule has 0 aliphatic carbocycles. The van der Waals surface area contributed by atoms with Gasteiger partial charge in [0, 0.05) is 17.6 Å². The summed E-state index contributed by atoms with van der Waals surface area (Å²) < 4.78 is 34.0. The van der Waals surface area contributed by atoms with Gasteiger partial charge in [0.2, 0.25) is 0 Å². The maximum Gasteiger partial charge on any atom is 0.254 e. The molecule has 9 heteroatoms. The molecule has 0 saturated carbocycles. The van der Waals surface area contributed by atoms with Gasteiger partial charge in [-0.2, -0.15) is 0 Å². The van der Waals surface area contributed by atoms with Crippen molar-refractivity contribution in [1.29, 1.82) is 0 Å². The van der Waals surface area contributed by atoms with E-state index < -0.39 is 43.0 Å². The average Bonchev–Trinajstić information content (AvgIpc) is 3.20. The molecule has 0 N–H and O–H groups in total. The van der Waals surface area contributed by atoms with Crippen LogP contribution < -0.4 is 0 Å². The van der Waals surface area contributed by atoms with Crippen molar-refractivity contribution in [2.24, 2.45) is 5.92 Å². The van der Waals surface area contributed by atoms with Crippen LogP contribution in [0.2, 0.25) is 0 Å². The molecule has 26 heavy (non-hydrogen) atoms. The molecule has 3 heterocycles. The predicted octanol–water partition coefficient (Wildman–Crippen LogP) is 1.11. The minimum atomic E-state index is -1.10. The molecule has 3 saturated heterocycles. The van der Waals surface area contributed by atoms with E-state index in [9.17, 15) is 10.1 Å². The number of ether oxygens (including phenoxy) is 6. The van der Waals surface area contributed by atoms with E-state index >= 15 is 0 Å². The van der Waals surface area contributed by atoms with Gasteiger partial charge in [0.1, 0.15) is 12.0 Å². The van der Waals surface area contributed by atoms with Crippen LogP contribution in [-0.4, -0.2) is 62.7 Å². The number of nitro groups is 1. The van der Waals surface area contributed by atoms with E-state index in [4.69, 9.17) is 28.4 Å². The Bertz CT molecular complexity index is 622. The standard InChI is InChI=1S/C17H21NO8/c1-21-16-12(17-22-7-8-23-17)13(18(19)20)14-11(25-16)9-24-15(26-14)10-5-3-2-4-6-10/h2-6,11-17H,7-9H2,1H3/t11-,12+,13-,14-,15?,16-/m1/s1. The fraction of sp³-hybridized carbons (Fsp3) is 0.647. The number of hydrogen-bond acceptors (Lipinski definition) is 8. The van der Waals surface area contributed by atoms with Crippen LogP contribution >= 0.6 is 0 Å². The fourth-order valence-electron chi connectivity index (χ4n) is 3.75. The lowest BCUT2D eigenvalue weighted by molar-refractivity contribution is -0.577. The van der Waals surface area contributed by atoms with Gasteiger partial charge in [0.15, 0.2) is 25.0 Å². The molecule has 0 amide bonds. The van der Waals surface area contributed by atoms with Gasteiger partial charge in [-0.1, -0.05) is 30.3 Å². The molecule has 1 aromatic carbocycles. The first-order valence-electron chi connectivity index (χ1n) is 8.56. The molecule has 0 bridgehead atoms. The van der Waals surface area contributed by atoms with Gasteiger partial charge in [0.25, 0.3) is 6.04 Å². The van der Waals surface area contributed by atoms with E-state index in [-0.39, 0.29) is 11.5 Å². The van der Waals surface area contributed by atoms with Crippen molar-refractivity contribution in [3.8, 4) is 0 Å². The van der Waals surface area contributed by atoms with Crippen LogP contribution in [0.25, 0.3) is 0 Å². The SMILES string of the molecule is CO[C@@H]1O[C@@H]2COC(c3ccccc3)O[C@H]2[C@H]([N+](=O)[O-])[C@@H]1C1OCCO1. The maximum atomic E-state index is 11.9. The van der Waals surface area contributed by atoms with Gasteiger partial charge >= 0.3 is 0 Å². The Morgan fingerprint density at radius 3 is 2.50 bits per heavy atom. The number of nitrogens with zero attached hydrogens (tertiary/aromatic N) is 1. The van der Waals surface area contributed by atoms with Crippen molar-refractivity contribution in [2.75, 3.05) is 26.9 Å². The first-order valence-corrected chi connectivity index (χ1v) is 8.56. The van der Waals surface area contributed by atoms with Crippen LogP contribution in [0.4, 0.5) is 0 Å². The molecular formula is C17H21NO8. The van der Waals surface area contributed by atoms with E-state index in [0.717, 1.165) is 5.56 Å². The molecule has 0 aromatic heterocycles. The molecule has 0 spiro atoms. The molecule has 142 valence electrons. The second kappa shape index (κ2) is 7.55. The molecule has 0 radical (unpaired) electrons. The Morgan fingerprint density at radius 2 is 1.85 bits per heavy atom. The van der Waals surface area contributed by atoms with Gasteiger partial charge in [-0.3, -0.25) is 10.1 Å². The second-order valence-electron chi connectivity index (χ2n) is 6.42. The third-order valence-corrected chi connectivity index (χ3v) is 4.92. The van der Waals surface area contributed by atoms with Crippen molar-refractivity contribution in [3.05, 3.63) is 46.0 Å². The smallest absolute Gasteiger partial charge is 0.254 e. The Morgan fingerprint density at radius 1 is 1.12 bits per heavy atom. The quantitative estimate of drug-likeness (QED) is 0.576. The van der Waals surface area contributed by atoms with Gasteiger partial charge in [-0.25, -0.2) is 0 Å². The van der Waals surface area contributed by atoms with Crippen molar-refractivity contribution in [3.63, 3.8) is 0 Å². The lowest BCUT2D eigenvalue weighted by Crippen LogP contribution is -2.64. The predicted molar refractivity (Wildman–Crippen MR) is 85.6 cm³/mol. The summed E-state index contributed by atoms with van der Waals surface area (Å²) in [5.41, 5.74) is 0.798. The van der Waals surface area contributed by atoms with Crippen LogP contribution in [-0.2, 0) is 28.4 Å². The molecular weight excluding hydrogens is 346 g/mol. The summed E-state index contributed by atoms with van der Waals surface area (Å²) in [6, 6.07) is 8.22. The normalized spacial score (nSPS) is 38.0. The van der Waals surface area contributed by atoms with Gasteiger partial charge < -0.3 is 28.4 Å². The van der Waals surface area contributed by atoms with E-state index in [1.54, 1.807) is 0 Å². The first kappa shape index (κ1) is 17.8. The number of fused-ring (bicyclic) bond motifs is 1. The number of benzene rings is 1. The summed E-state index contributed by atoms with van der Waals surface area (Å²) in [5.74, 6) is -0.742. The molecule has 6 atom stereocenters. The molecule has 3 aliphatic rings. The zero-order valence-electron chi connectivity index (χ0n) is 14.3. The summed E-state index contributed by atoms with van der Waals surface area (Å²) in [5, 5.41) is 11.9. The third kappa shape index (κ3) is 3.22. The van der Waals surface area contributed by atoms with Crippen molar-refractivity contribution >= 4 is 0 Å². The van der Waals surface area contributed by atoms with Gasteiger partial charge in [-0.05, 0) is 0 Å². The fourth-order valence-corrected chi connectivity index (χ4v) is 3.75. The maximum absolute atomic E-state index is 11.9. The highest BCUT2D eigenvalue weighted by molar-refractivity contribution is 5.16. The summed E-state index contributed by atoms with van der Waals surface area (Å²) in [4.78, 5) is 11.6. The molecule has 1 aromatic rings. The number of rotatable bonds is 4. The van der Waals surface area contributed by atoms with E-state index in [1.165, 1.54) is 7.11 Å². The third-order valence-electron chi connectivity index (χ3n) is 4.92. The summed E-state index contributed by atoms with van der Waals surface area (Å²) in [6.07, 6.45) is -3.69. The lowest BCUT2D eigenvalue weighted by Gasteiger charge is -2.46. The molecule has 3 fully saturated rings. The molecule has 4 rings (SSSR count). The second-order valence-corrected chi connectivity index (χ2v) is 6.42. The van der Waals surface area contributed by atoms with Crippen LogP contribution in [0, 0.1) is 16.0 Å². The Kier molecular flexibility index (Phi) is 5.16. The van der Waals surface area contributed by atoms with Gasteiger partial charge in [-0.15, -0.1) is 0 Å². The zero-order chi connectivity index (χ0) is 18.1.